The molecule has 0 fully saturated rings. The van der Waals surface area contributed by atoms with Gasteiger partial charge in [-0.15, -0.1) is 0 Å². The molecule has 0 N–H and O–H groups in total. The zero-order chi connectivity index (χ0) is 14.3. The third-order valence-electron chi connectivity index (χ3n) is 3.05. The first-order valence-electron chi connectivity index (χ1n) is 6.78. The van der Waals surface area contributed by atoms with Crippen LogP contribution in [0.15, 0.2) is 29.2 Å². The quantitative estimate of drug-likeness (QED) is 0.681. The van der Waals surface area contributed by atoms with E-state index in [1.54, 1.807) is 12.1 Å². The summed E-state index contributed by atoms with van der Waals surface area (Å²) < 4.78 is 22.4. The Labute approximate surface area is 121 Å². The van der Waals surface area contributed by atoms with Crippen molar-refractivity contribution >= 4 is 25.4 Å². The SMILES string of the molecule is CCCCN(CCCC)c1ccc(S(=O)(=O)Cl)cc1. The molecule has 1 aromatic rings. The minimum absolute atomic E-state index is 0.156. The molecule has 0 spiro atoms. The highest BCUT2D eigenvalue weighted by atomic mass is 35.7. The summed E-state index contributed by atoms with van der Waals surface area (Å²) in [4.78, 5) is 2.46. The lowest BCUT2D eigenvalue weighted by Crippen LogP contribution is -2.25. The van der Waals surface area contributed by atoms with Gasteiger partial charge in [0.2, 0.25) is 0 Å². The van der Waals surface area contributed by atoms with Crippen molar-refractivity contribution in [2.24, 2.45) is 0 Å². The molecule has 0 unspecified atom stereocenters. The van der Waals surface area contributed by atoms with E-state index in [1.165, 1.54) is 0 Å². The van der Waals surface area contributed by atoms with E-state index in [-0.39, 0.29) is 4.90 Å². The van der Waals surface area contributed by atoms with Gasteiger partial charge in [0.15, 0.2) is 0 Å². The number of anilines is 1. The molecule has 0 bridgehead atoms. The molecule has 0 aliphatic rings. The van der Waals surface area contributed by atoms with Crippen LogP contribution in [-0.2, 0) is 9.05 Å². The van der Waals surface area contributed by atoms with Crippen LogP contribution in [0.25, 0.3) is 0 Å². The predicted octanol–water partition coefficient (Wildman–Crippen LogP) is 4.02. The van der Waals surface area contributed by atoms with E-state index in [4.69, 9.17) is 10.7 Å². The Morgan fingerprint density at radius 2 is 1.47 bits per heavy atom. The second-order valence-electron chi connectivity index (χ2n) is 4.63. The second kappa shape index (κ2) is 7.75. The van der Waals surface area contributed by atoms with E-state index in [1.807, 2.05) is 12.1 Å². The molecular weight excluding hydrogens is 282 g/mol. The molecule has 0 aliphatic carbocycles. The summed E-state index contributed by atoms with van der Waals surface area (Å²) in [6, 6.07) is 6.81. The van der Waals surface area contributed by atoms with Crippen LogP contribution < -0.4 is 4.90 Å². The van der Waals surface area contributed by atoms with Gasteiger partial charge in [-0.05, 0) is 37.1 Å². The Balaban J connectivity index is 2.83. The number of halogens is 1. The fraction of sp³-hybridized carbons (Fsp3) is 0.571. The summed E-state index contributed by atoms with van der Waals surface area (Å²) in [5.74, 6) is 0. The molecular formula is C14H22ClNO2S. The molecule has 0 radical (unpaired) electrons. The molecule has 0 aromatic heterocycles. The minimum Gasteiger partial charge on any atom is -0.372 e. The first kappa shape index (κ1) is 16.3. The number of hydrogen-bond donors (Lipinski definition) is 0. The van der Waals surface area contributed by atoms with Crippen molar-refractivity contribution in [2.45, 2.75) is 44.4 Å². The summed E-state index contributed by atoms with van der Waals surface area (Å²) in [6.07, 6.45) is 4.58. The van der Waals surface area contributed by atoms with Crippen molar-refractivity contribution in [1.29, 1.82) is 0 Å². The van der Waals surface area contributed by atoms with E-state index >= 15 is 0 Å². The number of nitrogens with zero attached hydrogens (tertiary/aromatic N) is 1. The topological polar surface area (TPSA) is 37.4 Å². The van der Waals surface area contributed by atoms with Gasteiger partial charge < -0.3 is 4.90 Å². The van der Waals surface area contributed by atoms with Gasteiger partial charge in [-0.1, -0.05) is 26.7 Å². The zero-order valence-corrected chi connectivity index (χ0v) is 13.2. The first-order valence-corrected chi connectivity index (χ1v) is 9.09. The van der Waals surface area contributed by atoms with Crippen LogP contribution in [0.3, 0.4) is 0 Å². The van der Waals surface area contributed by atoms with Gasteiger partial charge >= 0.3 is 0 Å². The lowest BCUT2D eigenvalue weighted by molar-refractivity contribution is 0.609. The lowest BCUT2D eigenvalue weighted by Gasteiger charge is -2.24. The Hall–Kier alpha value is -0.740. The van der Waals surface area contributed by atoms with Gasteiger partial charge in [-0.2, -0.15) is 0 Å². The third kappa shape index (κ3) is 5.41. The first-order chi connectivity index (χ1) is 8.99. The molecule has 0 amide bonds. The van der Waals surface area contributed by atoms with Crippen LogP contribution in [0.5, 0.6) is 0 Å². The molecule has 0 saturated carbocycles. The molecule has 1 rings (SSSR count). The van der Waals surface area contributed by atoms with E-state index < -0.39 is 9.05 Å². The minimum atomic E-state index is -3.63. The molecule has 0 heterocycles. The summed E-state index contributed by atoms with van der Waals surface area (Å²) >= 11 is 0. The maximum Gasteiger partial charge on any atom is 0.261 e. The smallest absolute Gasteiger partial charge is 0.261 e. The van der Waals surface area contributed by atoms with Gasteiger partial charge in [-0.25, -0.2) is 8.42 Å². The third-order valence-corrected chi connectivity index (χ3v) is 4.42. The second-order valence-corrected chi connectivity index (χ2v) is 7.19. The molecule has 5 heteroatoms. The largest absolute Gasteiger partial charge is 0.372 e. The summed E-state index contributed by atoms with van der Waals surface area (Å²) in [6.45, 7) is 6.34. The van der Waals surface area contributed by atoms with Crippen LogP contribution in [0, 0.1) is 0 Å². The van der Waals surface area contributed by atoms with Gasteiger partial charge in [0, 0.05) is 29.5 Å². The van der Waals surface area contributed by atoms with Crippen LogP contribution in [-0.4, -0.2) is 21.5 Å². The molecule has 0 saturated heterocycles. The van der Waals surface area contributed by atoms with Gasteiger partial charge in [0.05, 0.1) is 4.90 Å². The number of rotatable bonds is 8. The van der Waals surface area contributed by atoms with Gasteiger partial charge in [-0.3, -0.25) is 0 Å². The van der Waals surface area contributed by atoms with Crippen molar-refractivity contribution in [3.05, 3.63) is 24.3 Å². The van der Waals surface area contributed by atoms with E-state index in [0.29, 0.717) is 0 Å². The number of benzene rings is 1. The van der Waals surface area contributed by atoms with Crippen LogP contribution in [0.4, 0.5) is 5.69 Å². The maximum atomic E-state index is 11.2. The average molecular weight is 304 g/mol. The highest BCUT2D eigenvalue weighted by Gasteiger charge is 2.11. The normalized spacial score (nSPS) is 11.5. The summed E-state index contributed by atoms with van der Waals surface area (Å²) in [5, 5.41) is 0. The average Bonchev–Trinajstić information content (AvgIpc) is 2.38. The molecule has 3 nitrogen and oxygen atoms in total. The summed E-state index contributed by atoms with van der Waals surface area (Å²) in [7, 11) is 1.69. The fourth-order valence-corrected chi connectivity index (χ4v) is 2.66. The standard InChI is InChI=1S/C14H22ClNO2S/c1-3-5-11-16(12-6-4-2)13-7-9-14(10-8-13)19(15,17)18/h7-10H,3-6,11-12H2,1-2H3. The number of hydrogen-bond acceptors (Lipinski definition) is 3. The van der Waals surface area contributed by atoms with Gasteiger partial charge in [0.25, 0.3) is 9.05 Å². The van der Waals surface area contributed by atoms with Crippen molar-refractivity contribution < 1.29 is 8.42 Å². The van der Waals surface area contributed by atoms with E-state index in [0.717, 1.165) is 44.5 Å². The van der Waals surface area contributed by atoms with Crippen molar-refractivity contribution in [3.63, 3.8) is 0 Å². The highest BCUT2D eigenvalue weighted by molar-refractivity contribution is 8.13. The molecule has 1 aromatic carbocycles. The predicted molar refractivity (Wildman–Crippen MR) is 81.5 cm³/mol. The molecule has 0 aliphatic heterocycles. The summed E-state index contributed by atoms with van der Waals surface area (Å²) in [5.41, 5.74) is 1.06. The Bertz CT molecular complexity index is 463. The van der Waals surface area contributed by atoms with Crippen molar-refractivity contribution in [1.82, 2.24) is 0 Å². The van der Waals surface area contributed by atoms with Crippen LogP contribution in [0.2, 0.25) is 0 Å². The Morgan fingerprint density at radius 1 is 1.00 bits per heavy atom. The maximum absolute atomic E-state index is 11.2. The molecule has 19 heavy (non-hydrogen) atoms. The van der Waals surface area contributed by atoms with Crippen LogP contribution >= 0.6 is 10.7 Å². The van der Waals surface area contributed by atoms with Crippen molar-refractivity contribution in [3.8, 4) is 0 Å². The monoisotopic (exact) mass is 303 g/mol. The zero-order valence-electron chi connectivity index (χ0n) is 11.6. The number of unbranched alkanes of at least 4 members (excludes halogenated alkanes) is 2. The van der Waals surface area contributed by atoms with Crippen molar-refractivity contribution in [2.75, 3.05) is 18.0 Å². The Kier molecular flexibility index (Phi) is 6.66. The van der Waals surface area contributed by atoms with Crippen LogP contribution in [0.1, 0.15) is 39.5 Å². The van der Waals surface area contributed by atoms with E-state index in [2.05, 4.69) is 18.7 Å². The Morgan fingerprint density at radius 3 is 1.84 bits per heavy atom. The molecule has 0 atom stereocenters. The molecule has 108 valence electrons. The highest BCUT2D eigenvalue weighted by Crippen LogP contribution is 2.21. The van der Waals surface area contributed by atoms with E-state index in [9.17, 15) is 8.42 Å². The lowest BCUT2D eigenvalue weighted by atomic mass is 10.2. The fourth-order valence-electron chi connectivity index (χ4n) is 1.89. The van der Waals surface area contributed by atoms with Gasteiger partial charge in [0.1, 0.15) is 0 Å².